The Balaban J connectivity index is 1.98. The van der Waals surface area contributed by atoms with Crippen molar-refractivity contribution in [1.29, 1.82) is 0 Å². The van der Waals surface area contributed by atoms with Gasteiger partial charge in [0.15, 0.2) is 0 Å². The van der Waals surface area contributed by atoms with Gasteiger partial charge < -0.3 is 9.84 Å². The fourth-order valence-corrected chi connectivity index (χ4v) is 2.34. The maximum absolute atomic E-state index is 13.1. The molecule has 0 aliphatic carbocycles. The number of aliphatic hydroxyl groups is 1. The highest BCUT2D eigenvalue weighted by molar-refractivity contribution is 5.37. The van der Waals surface area contributed by atoms with E-state index in [0.29, 0.717) is 12.6 Å². The van der Waals surface area contributed by atoms with Crippen molar-refractivity contribution in [2.75, 3.05) is 19.7 Å². The van der Waals surface area contributed by atoms with E-state index in [9.17, 15) is 4.39 Å². The molecule has 1 atom stereocenters. The first-order valence-corrected chi connectivity index (χ1v) is 6.40. The molecule has 100 valence electrons. The molecule has 1 heterocycles. The van der Waals surface area contributed by atoms with Crippen LogP contribution >= 0.6 is 0 Å². The molecule has 0 amide bonds. The lowest BCUT2D eigenvalue weighted by atomic mass is 10.1. The second-order valence-corrected chi connectivity index (χ2v) is 5.01. The topological polar surface area (TPSA) is 32.7 Å². The van der Waals surface area contributed by atoms with Gasteiger partial charge in [-0.2, -0.15) is 0 Å². The van der Waals surface area contributed by atoms with Crippen molar-refractivity contribution in [2.24, 2.45) is 0 Å². The van der Waals surface area contributed by atoms with Gasteiger partial charge in [-0.3, -0.25) is 4.90 Å². The smallest absolute Gasteiger partial charge is 0.123 e. The van der Waals surface area contributed by atoms with Crippen LogP contribution in [-0.2, 0) is 6.42 Å². The third-order valence-corrected chi connectivity index (χ3v) is 3.32. The van der Waals surface area contributed by atoms with Crippen LogP contribution in [0.4, 0.5) is 4.39 Å². The summed E-state index contributed by atoms with van der Waals surface area (Å²) in [5, 5.41) is 9.04. The number of hydrogen-bond donors (Lipinski definition) is 1. The molecule has 0 saturated heterocycles. The molecular weight excluding hydrogens is 233 g/mol. The maximum atomic E-state index is 13.1. The number of halogens is 1. The molecular formula is C14H20FNO2. The van der Waals surface area contributed by atoms with Crippen LogP contribution in [-0.4, -0.2) is 41.8 Å². The Kier molecular flexibility index (Phi) is 4.19. The Bertz CT molecular complexity index is 409. The highest BCUT2D eigenvalue weighted by Crippen LogP contribution is 2.29. The van der Waals surface area contributed by atoms with E-state index in [1.165, 1.54) is 6.07 Å². The first-order valence-electron chi connectivity index (χ1n) is 6.40. The summed E-state index contributed by atoms with van der Waals surface area (Å²) in [6.45, 7) is 5.73. The van der Waals surface area contributed by atoms with Gasteiger partial charge >= 0.3 is 0 Å². The van der Waals surface area contributed by atoms with Gasteiger partial charge in [0.25, 0.3) is 0 Å². The summed E-state index contributed by atoms with van der Waals surface area (Å²) in [4.78, 5) is 2.17. The van der Waals surface area contributed by atoms with Crippen molar-refractivity contribution in [2.45, 2.75) is 32.4 Å². The van der Waals surface area contributed by atoms with Gasteiger partial charge in [-0.05, 0) is 32.0 Å². The van der Waals surface area contributed by atoms with E-state index in [-0.39, 0.29) is 18.5 Å². The van der Waals surface area contributed by atoms with Crippen LogP contribution in [0.25, 0.3) is 0 Å². The zero-order chi connectivity index (χ0) is 13.1. The number of hydrogen-bond acceptors (Lipinski definition) is 3. The monoisotopic (exact) mass is 253 g/mol. The average molecular weight is 253 g/mol. The first kappa shape index (κ1) is 13.3. The van der Waals surface area contributed by atoms with E-state index >= 15 is 0 Å². The van der Waals surface area contributed by atoms with Crippen LogP contribution in [0, 0.1) is 5.82 Å². The molecule has 2 rings (SSSR count). The van der Waals surface area contributed by atoms with Gasteiger partial charge in [0.05, 0.1) is 6.61 Å². The predicted molar refractivity (Wildman–Crippen MR) is 68.3 cm³/mol. The summed E-state index contributed by atoms with van der Waals surface area (Å²) < 4.78 is 18.9. The molecule has 18 heavy (non-hydrogen) atoms. The predicted octanol–water partition coefficient (Wildman–Crippen LogP) is 1.83. The van der Waals surface area contributed by atoms with Gasteiger partial charge in [-0.1, -0.05) is 0 Å². The minimum Gasteiger partial charge on any atom is -0.488 e. The molecule has 0 radical (unpaired) electrons. The molecule has 1 unspecified atom stereocenters. The van der Waals surface area contributed by atoms with Gasteiger partial charge in [0, 0.05) is 31.1 Å². The van der Waals surface area contributed by atoms with E-state index in [0.717, 1.165) is 24.3 Å². The molecule has 1 aliphatic rings. The molecule has 1 N–H and O–H groups in total. The van der Waals surface area contributed by atoms with Crippen molar-refractivity contribution in [3.8, 4) is 5.75 Å². The fourth-order valence-electron chi connectivity index (χ4n) is 2.34. The summed E-state index contributed by atoms with van der Waals surface area (Å²) in [6.07, 6.45) is 0.789. The second-order valence-electron chi connectivity index (χ2n) is 5.01. The van der Waals surface area contributed by atoms with E-state index in [4.69, 9.17) is 9.84 Å². The molecule has 1 aliphatic heterocycles. The van der Waals surface area contributed by atoms with E-state index in [1.54, 1.807) is 12.1 Å². The number of ether oxygens (including phenoxy) is 1. The third-order valence-electron chi connectivity index (χ3n) is 3.32. The Hall–Kier alpha value is -1.13. The Morgan fingerprint density at radius 3 is 2.94 bits per heavy atom. The van der Waals surface area contributed by atoms with Crippen LogP contribution in [0.5, 0.6) is 5.75 Å². The van der Waals surface area contributed by atoms with Crippen molar-refractivity contribution in [3.05, 3.63) is 29.6 Å². The first-order chi connectivity index (χ1) is 8.60. The summed E-state index contributed by atoms with van der Waals surface area (Å²) in [5.74, 6) is 0.572. The summed E-state index contributed by atoms with van der Waals surface area (Å²) in [5.41, 5.74) is 0.938. The van der Waals surface area contributed by atoms with Gasteiger partial charge in [-0.25, -0.2) is 4.39 Å². The highest BCUT2D eigenvalue weighted by atomic mass is 19.1. The number of fused-ring (bicyclic) bond motifs is 1. The molecule has 3 nitrogen and oxygen atoms in total. The highest BCUT2D eigenvalue weighted by Gasteiger charge is 2.25. The number of aliphatic hydroxyl groups excluding tert-OH is 1. The quantitative estimate of drug-likeness (QED) is 0.869. The summed E-state index contributed by atoms with van der Waals surface area (Å²) in [6, 6.07) is 5.02. The number of rotatable bonds is 5. The van der Waals surface area contributed by atoms with Crippen molar-refractivity contribution in [1.82, 2.24) is 4.90 Å². The zero-order valence-corrected chi connectivity index (χ0v) is 10.9. The number of benzene rings is 1. The third kappa shape index (κ3) is 3.00. The maximum Gasteiger partial charge on any atom is 0.123 e. The lowest BCUT2D eigenvalue weighted by molar-refractivity contribution is 0.107. The van der Waals surface area contributed by atoms with E-state index in [1.807, 2.05) is 0 Å². The molecule has 1 aromatic carbocycles. The largest absolute Gasteiger partial charge is 0.488 e. The lowest BCUT2D eigenvalue weighted by Crippen LogP contribution is -2.40. The molecule has 0 spiro atoms. The average Bonchev–Trinajstić information content (AvgIpc) is 2.69. The fraction of sp³-hybridized carbons (Fsp3) is 0.571. The SMILES string of the molecule is CC(C)N(CCO)CC1Cc2cc(F)ccc2O1. The Morgan fingerprint density at radius 1 is 1.50 bits per heavy atom. The second kappa shape index (κ2) is 5.67. The zero-order valence-electron chi connectivity index (χ0n) is 10.9. The van der Waals surface area contributed by atoms with Gasteiger partial charge in [0.1, 0.15) is 17.7 Å². The molecule has 0 aromatic heterocycles. The summed E-state index contributed by atoms with van der Waals surface area (Å²) >= 11 is 0. The lowest BCUT2D eigenvalue weighted by Gasteiger charge is -2.28. The standard InChI is InChI=1S/C14H20FNO2/c1-10(2)16(5-6-17)9-13-8-11-7-12(15)3-4-14(11)18-13/h3-4,7,10,13,17H,5-6,8-9H2,1-2H3. The van der Waals surface area contributed by atoms with Crippen LogP contribution in [0.2, 0.25) is 0 Å². The minimum absolute atomic E-state index is 0.0516. The van der Waals surface area contributed by atoms with Crippen LogP contribution in [0.1, 0.15) is 19.4 Å². The Labute approximate surface area is 107 Å². The van der Waals surface area contributed by atoms with Crippen LogP contribution < -0.4 is 4.74 Å². The normalized spacial score (nSPS) is 18.2. The molecule has 0 bridgehead atoms. The minimum atomic E-state index is -0.214. The molecule has 0 saturated carbocycles. The van der Waals surface area contributed by atoms with Crippen molar-refractivity contribution < 1.29 is 14.2 Å². The van der Waals surface area contributed by atoms with Gasteiger partial charge in [0.2, 0.25) is 0 Å². The van der Waals surface area contributed by atoms with E-state index in [2.05, 4.69) is 18.7 Å². The van der Waals surface area contributed by atoms with Crippen LogP contribution in [0.3, 0.4) is 0 Å². The number of nitrogens with zero attached hydrogens (tertiary/aromatic N) is 1. The van der Waals surface area contributed by atoms with E-state index < -0.39 is 0 Å². The Morgan fingerprint density at radius 2 is 2.28 bits per heavy atom. The molecule has 4 heteroatoms. The molecule has 1 aromatic rings. The van der Waals surface area contributed by atoms with Gasteiger partial charge in [-0.15, -0.1) is 0 Å². The molecule has 0 fully saturated rings. The van der Waals surface area contributed by atoms with Crippen LogP contribution in [0.15, 0.2) is 18.2 Å². The van der Waals surface area contributed by atoms with Crippen molar-refractivity contribution in [3.63, 3.8) is 0 Å². The van der Waals surface area contributed by atoms with Crippen molar-refractivity contribution >= 4 is 0 Å². The summed E-state index contributed by atoms with van der Waals surface area (Å²) in [7, 11) is 0.